The summed E-state index contributed by atoms with van der Waals surface area (Å²) in [4.78, 5) is 1.26. The van der Waals surface area contributed by atoms with Crippen LogP contribution in [0.15, 0.2) is 0 Å². The summed E-state index contributed by atoms with van der Waals surface area (Å²) in [6, 6.07) is 0.0103. The largest absolute Gasteiger partial charge is 0.401 e. The van der Waals surface area contributed by atoms with Crippen LogP contribution in [0.2, 0.25) is 0 Å². The molecule has 84 valence electrons. The molecule has 0 radical (unpaired) electrons. The van der Waals surface area contributed by atoms with Crippen molar-refractivity contribution < 1.29 is 17.9 Å². The van der Waals surface area contributed by atoms with Crippen LogP contribution in [0.4, 0.5) is 13.2 Å². The summed E-state index contributed by atoms with van der Waals surface area (Å²) in [6.45, 7) is 1.33. The standard InChI is InChI=1S/C8H15F3N2O/c1-13(6-8(9,10)11)4-7-5-14-3-2-12-7/h7,12H,2-6H2,1H3. The Morgan fingerprint density at radius 1 is 1.50 bits per heavy atom. The second kappa shape index (κ2) is 4.95. The average Bonchev–Trinajstić information content (AvgIpc) is 2.02. The van der Waals surface area contributed by atoms with Crippen molar-refractivity contribution >= 4 is 0 Å². The molecule has 0 bridgehead atoms. The summed E-state index contributed by atoms with van der Waals surface area (Å²) < 4.78 is 41.0. The van der Waals surface area contributed by atoms with Crippen LogP contribution in [0, 0.1) is 0 Å². The molecule has 0 aromatic heterocycles. The Labute approximate surface area is 81.2 Å². The molecule has 1 rings (SSSR count). The molecule has 0 amide bonds. The lowest BCUT2D eigenvalue weighted by Gasteiger charge is -2.28. The third kappa shape index (κ3) is 4.78. The molecule has 6 heteroatoms. The molecule has 0 aromatic rings. The second-order valence-corrected chi connectivity index (χ2v) is 3.54. The Balaban J connectivity index is 2.21. The second-order valence-electron chi connectivity index (χ2n) is 3.54. The summed E-state index contributed by atoms with van der Waals surface area (Å²) in [7, 11) is 1.46. The van der Waals surface area contributed by atoms with Crippen molar-refractivity contribution in [3.05, 3.63) is 0 Å². The van der Waals surface area contributed by atoms with Crippen LogP contribution in [0.5, 0.6) is 0 Å². The normalized spacial score (nSPS) is 24.2. The summed E-state index contributed by atoms with van der Waals surface area (Å²) in [5, 5.41) is 3.10. The molecule has 1 aliphatic heterocycles. The van der Waals surface area contributed by atoms with Gasteiger partial charge in [-0.25, -0.2) is 0 Å². The van der Waals surface area contributed by atoms with E-state index in [9.17, 15) is 13.2 Å². The molecule has 1 heterocycles. The Morgan fingerprint density at radius 3 is 2.71 bits per heavy atom. The van der Waals surface area contributed by atoms with Crippen molar-refractivity contribution in [2.45, 2.75) is 12.2 Å². The number of rotatable bonds is 3. The Kier molecular flexibility index (Phi) is 4.15. The summed E-state index contributed by atoms with van der Waals surface area (Å²) in [6.07, 6.45) is -4.12. The molecule has 0 saturated carbocycles. The Bertz CT molecular complexity index is 168. The highest BCUT2D eigenvalue weighted by Crippen LogP contribution is 2.15. The van der Waals surface area contributed by atoms with E-state index in [0.717, 1.165) is 0 Å². The van der Waals surface area contributed by atoms with Gasteiger partial charge in [0.05, 0.1) is 19.8 Å². The number of halogens is 3. The number of alkyl halides is 3. The van der Waals surface area contributed by atoms with E-state index >= 15 is 0 Å². The van der Waals surface area contributed by atoms with E-state index in [-0.39, 0.29) is 6.04 Å². The smallest absolute Gasteiger partial charge is 0.378 e. The lowest BCUT2D eigenvalue weighted by Crippen LogP contribution is -2.49. The first-order valence-electron chi connectivity index (χ1n) is 4.54. The molecule has 0 aromatic carbocycles. The van der Waals surface area contributed by atoms with E-state index in [1.165, 1.54) is 11.9 Å². The molecular weight excluding hydrogens is 197 g/mol. The quantitative estimate of drug-likeness (QED) is 0.736. The number of hydrogen-bond donors (Lipinski definition) is 1. The minimum Gasteiger partial charge on any atom is -0.378 e. The van der Waals surface area contributed by atoms with Crippen LogP contribution in [0.25, 0.3) is 0 Å². The van der Waals surface area contributed by atoms with Crippen molar-refractivity contribution in [2.24, 2.45) is 0 Å². The maximum absolute atomic E-state index is 12.0. The molecule has 1 aliphatic rings. The van der Waals surface area contributed by atoms with Gasteiger partial charge in [0, 0.05) is 19.1 Å². The maximum atomic E-state index is 12.0. The van der Waals surface area contributed by atoms with Crippen LogP contribution >= 0.6 is 0 Å². The van der Waals surface area contributed by atoms with Crippen LogP contribution in [-0.4, -0.2) is 57.0 Å². The lowest BCUT2D eigenvalue weighted by atomic mass is 10.2. The third-order valence-corrected chi connectivity index (χ3v) is 1.98. The van der Waals surface area contributed by atoms with Gasteiger partial charge >= 0.3 is 6.18 Å². The van der Waals surface area contributed by atoms with E-state index in [2.05, 4.69) is 5.32 Å². The van der Waals surface area contributed by atoms with Gasteiger partial charge < -0.3 is 10.1 Å². The topological polar surface area (TPSA) is 24.5 Å². The summed E-state index contributed by atoms with van der Waals surface area (Å²) in [5.74, 6) is 0. The number of likely N-dealkylation sites (N-methyl/N-ethyl adjacent to an activating group) is 1. The first-order valence-corrected chi connectivity index (χ1v) is 4.54. The van der Waals surface area contributed by atoms with Crippen molar-refractivity contribution in [3.8, 4) is 0 Å². The Hall–Kier alpha value is -0.330. The van der Waals surface area contributed by atoms with E-state index in [1.807, 2.05) is 0 Å². The van der Waals surface area contributed by atoms with E-state index in [0.29, 0.717) is 26.3 Å². The minimum atomic E-state index is -4.12. The predicted molar refractivity (Wildman–Crippen MR) is 46.2 cm³/mol. The average molecular weight is 212 g/mol. The molecule has 3 nitrogen and oxygen atoms in total. The van der Waals surface area contributed by atoms with Gasteiger partial charge in [-0.15, -0.1) is 0 Å². The minimum absolute atomic E-state index is 0.0103. The fourth-order valence-electron chi connectivity index (χ4n) is 1.48. The number of morpholine rings is 1. The molecule has 1 fully saturated rings. The first kappa shape index (κ1) is 11.7. The number of nitrogens with zero attached hydrogens (tertiary/aromatic N) is 1. The molecule has 0 spiro atoms. The molecule has 1 saturated heterocycles. The van der Waals surface area contributed by atoms with Gasteiger partial charge in [0.15, 0.2) is 0 Å². The fraction of sp³-hybridized carbons (Fsp3) is 1.00. The monoisotopic (exact) mass is 212 g/mol. The van der Waals surface area contributed by atoms with Crippen molar-refractivity contribution in [3.63, 3.8) is 0 Å². The van der Waals surface area contributed by atoms with Crippen LogP contribution in [0.3, 0.4) is 0 Å². The number of hydrogen-bond acceptors (Lipinski definition) is 3. The number of nitrogens with one attached hydrogen (secondary N) is 1. The van der Waals surface area contributed by atoms with Gasteiger partial charge in [0.25, 0.3) is 0 Å². The van der Waals surface area contributed by atoms with Gasteiger partial charge in [-0.1, -0.05) is 0 Å². The zero-order chi connectivity index (χ0) is 10.6. The summed E-state index contributed by atoms with van der Waals surface area (Å²) >= 11 is 0. The molecule has 14 heavy (non-hydrogen) atoms. The lowest BCUT2D eigenvalue weighted by molar-refractivity contribution is -0.144. The fourth-order valence-corrected chi connectivity index (χ4v) is 1.48. The van der Waals surface area contributed by atoms with Gasteiger partial charge in [-0.3, -0.25) is 4.90 Å². The third-order valence-electron chi connectivity index (χ3n) is 1.98. The zero-order valence-corrected chi connectivity index (χ0v) is 8.10. The van der Waals surface area contributed by atoms with Crippen molar-refractivity contribution in [1.29, 1.82) is 0 Å². The SMILES string of the molecule is CN(CC1COCCN1)CC(F)(F)F. The van der Waals surface area contributed by atoms with Gasteiger partial charge in [0.2, 0.25) is 0 Å². The van der Waals surface area contributed by atoms with E-state index in [1.54, 1.807) is 0 Å². The maximum Gasteiger partial charge on any atom is 0.401 e. The Morgan fingerprint density at radius 2 is 2.21 bits per heavy atom. The molecule has 1 unspecified atom stereocenters. The molecule has 1 atom stereocenters. The van der Waals surface area contributed by atoms with Gasteiger partial charge in [-0.2, -0.15) is 13.2 Å². The van der Waals surface area contributed by atoms with Crippen LogP contribution in [0.1, 0.15) is 0 Å². The predicted octanol–water partition coefficient (Wildman–Crippen LogP) is 0.469. The highest BCUT2D eigenvalue weighted by atomic mass is 19.4. The zero-order valence-electron chi connectivity index (χ0n) is 8.10. The van der Waals surface area contributed by atoms with Gasteiger partial charge in [-0.05, 0) is 7.05 Å². The van der Waals surface area contributed by atoms with Crippen molar-refractivity contribution in [1.82, 2.24) is 10.2 Å². The first-order chi connectivity index (χ1) is 6.47. The van der Waals surface area contributed by atoms with E-state index in [4.69, 9.17) is 4.74 Å². The molecule has 0 aliphatic carbocycles. The number of ether oxygens (including phenoxy) is 1. The molecule has 1 N–H and O–H groups in total. The molecular formula is C8H15F3N2O. The summed E-state index contributed by atoms with van der Waals surface area (Å²) in [5.41, 5.74) is 0. The van der Waals surface area contributed by atoms with Crippen molar-refractivity contribution in [2.75, 3.05) is 39.9 Å². The van der Waals surface area contributed by atoms with E-state index < -0.39 is 12.7 Å². The highest BCUT2D eigenvalue weighted by Gasteiger charge is 2.30. The van der Waals surface area contributed by atoms with Gasteiger partial charge in [0.1, 0.15) is 0 Å². The highest BCUT2D eigenvalue weighted by molar-refractivity contribution is 4.74. The van der Waals surface area contributed by atoms with Crippen LogP contribution in [-0.2, 0) is 4.74 Å². The van der Waals surface area contributed by atoms with Crippen LogP contribution < -0.4 is 5.32 Å².